The van der Waals surface area contributed by atoms with Gasteiger partial charge in [0.15, 0.2) is 5.76 Å². The number of amides is 1. The smallest absolute Gasteiger partial charge is 0.224 e. The fraction of sp³-hybridized carbons (Fsp3) is 0.200. The molecule has 0 fully saturated rings. The summed E-state index contributed by atoms with van der Waals surface area (Å²) in [4.78, 5) is 14.1. The molecule has 0 saturated heterocycles. The van der Waals surface area contributed by atoms with Gasteiger partial charge in [-0.2, -0.15) is 0 Å². The van der Waals surface area contributed by atoms with Crippen molar-refractivity contribution in [2.45, 2.75) is 13.0 Å². The molecule has 0 radical (unpaired) electrons. The van der Waals surface area contributed by atoms with Gasteiger partial charge in [-0.05, 0) is 23.8 Å². The predicted molar refractivity (Wildman–Crippen MR) is 103 cm³/mol. The summed E-state index contributed by atoms with van der Waals surface area (Å²) < 4.78 is 5.29. The summed E-state index contributed by atoms with van der Waals surface area (Å²) in [6, 6.07) is 17.1. The quantitative estimate of drug-likeness (QED) is 0.715. The SMILES string of the molecule is CN(C)c1ccc(CC(=O)NCc2cc(-c3ccccc3Cl)no2)cc1. The van der Waals surface area contributed by atoms with Gasteiger partial charge in [0, 0.05) is 31.4 Å². The lowest BCUT2D eigenvalue weighted by molar-refractivity contribution is -0.120. The minimum Gasteiger partial charge on any atom is -0.378 e. The fourth-order valence-electron chi connectivity index (χ4n) is 2.54. The van der Waals surface area contributed by atoms with Crippen LogP contribution in [0.25, 0.3) is 11.3 Å². The van der Waals surface area contributed by atoms with E-state index in [4.69, 9.17) is 16.1 Å². The highest BCUT2D eigenvalue weighted by Gasteiger charge is 2.11. The number of benzene rings is 2. The molecule has 1 heterocycles. The Morgan fingerprint density at radius 2 is 1.88 bits per heavy atom. The second-order valence-corrected chi connectivity index (χ2v) is 6.58. The molecule has 0 unspecified atom stereocenters. The summed E-state index contributed by atoms with van der Waals surface area (Å²) in [6.07, 6.45) is 0.319. The third-order valence-corrected chi connectivity index (χ3v) is 4.32. The van der Waals surface area contributed by atoms with E-state index in [1.807, 2.05) is 61.5 Å². The number of carbonyl (C=O) groups is 1. The molecule has 0 bridgehead atoms. The van der Waals surface area contributed by atoms with Crippen molar-refractivity contribution in [3.05, 3.63) is 70.9 Å². The number of hydrogen-bond acceptors (Lipinski definition) is 4. The summed E-state index contributed by atoms with van der Waals surface area (Å²) in [5.74, 6) is 0.509. The molecule has 134 valence electrons. The van der Waals surface area contributed by atoms with Gasteiger partial charge in [-0.15, -0.1) is 0 Å². The van der Waals surface area contributed by atoms with Crippen molar-refractivity contribution < 1.29 is 9.32 Å². The van der Waals surface area contributed by atoms with Crippen LogP contribution >= 0.6 is 11.6 Å². The molecule has 3 rings (SSSR count). The molecular formula is C20H20ClN3O2. The Morgan fingerprint density at radius 3 is 2.58 bits per heavy atom. The Kier molecular flexibility index (Phi) is 5.58. The predicted octanol–water partition coefficient (Wildman–Crippen LogP) is 3.92. The second kappa shape index (κ2) is 8.06. The molecule has 0 spiro atoms. The van der Waals surface area contributed by atoms with E-state index < -0.39 is 0 Å². The van der Waals surface area contributed by atoms with E-state index in [2.05, 4.69) is 10.5 Å². The van der Waals surface area contributed by atoms with E-state index in [1.54, 1.807) is 12.1 Å². The summed E-state index contributed by atoms with van der Waals surface area (Å²) >= 11 is 6.16. The summed E-state index contributed by atoms with van der Waals surface area (Å²) in [5, 5.41) is 7.48. The number of hydrogen-bond donors (Lipinski definition) is 1. The van der Waals surface area contributed by atoms with Gasteiger partial charge in [0.1, 0.15) is 5.69 Å². The average molecular weight is 370 g/mol. The maximum Gasteiger partial charge on any atom is 0.224 e. The van der Waals surface area contributed by atoms with Gasteiger partial charge < -0.3 is 14.7 Å². The number of nitrogens with zero attached hydrogens (tertiary/aromatic N) is 2. The molecule has 0 aliphatic carbocycles. The highest BCUT2D eigenvalue weighted by molar-refractivity contribution is 6.33. The third-order valence-electron chi connectivity index (χ3n) is 3.99. The van der Waals surface area contributed by atoms with Gasteiger partial charge in [-0.25, -0.2) is 0 Å². The fourth-order valence-corrected chi connectivity index (χ4v) is 2.77. The third kappa shape index (κ3) is 4.43. The lowest BCUT2D eigenvalue weighted by atomic mass is 10.1. The Bertz CT molecular complexity index is 888. The van der Waals surface area contributed by atoms with E-state index in [0.717, 1.165) is 16.8 Å². The van der Waals surface area contributed by atoms with E-state index in [-0.39, 0.29) is 12.5 Å². The maximum atomic E-state index is 12.1. The van der Waals surface area contributed by atoms with Crippen molar-refractivity contribution in [2.75, 3.05) is 19.0 Å². The first-order valence-corrected chi connectivity index (χ1v) is 8.64. The molecule has 0 aliphatic rings. The van der Waals surface area contributed by atoms with Crippen molar-refractivity contribution in [2.24, 2.45) is 0 Å². The minimum absolute atomic E-state index is 0.0710. The zero-order valence-corrected chi connectivity index (χ0v) is 15.5. The van der Waals surface area contributed by atoms with Crippen LogP contribution in [0, 0.1) is 0 Å². The number of nitrogens with one attached hydrogen (secondary N) is 1. The number of carbonyl (C=O) groups excluding carboxylic acids is 1. The molecule has 0 atom stereocenters. The van der Waals surface area contributed by atoms with Crippen LogP contribution in [0.3, 0.4) is 0 Å². The van der Waals surface area contributed by atoms with Crippen LogP contribution in [0.2, 0.25) is 5.02 Å². The molecule has 1 amide bonds. The lowest BCUT2D eigenvalue weighted by Crippen LogP contribution is -2.24. The van der Waals surface area contributed by atoms with E-state index in [0.29, 0.717) is 22.9 Å². The van der Waals surface area contributed by atoms with Crippen LogP contribution in [0.1, 0.15) is 11.3 Å². The van der Waals surface area contributed by atoms with Crippen LogP contribution in [0.5, 0.6) is 0 Å². The molecule has 26 heavy (non-hydrogen) atoms. The topological polar surface area (TPSA) is 58.4 Å². The molecule has 0 aliphatic heterocycles. The molecule has 3 aromatic rings. The van der Waals surface area contributed by atoms with Gasteiger partial charge in [-0.1, -0.05) is 47.1 Å². The summed E-state index contributed by atoms with van der Waals surface area (Å²) in [6.45, 7) is 0.284. The van der Waals surface area contributed by atoms with Crippen molar-refractivity contribution in [3.63, 3.8) is 0 Å². The largest absolute Gasteiger partial charge is 0.378 e. The van der Waals surface area contributed by atoms with Crippen LogP contribution in [-0.4, -0.2) is 25.2 Å². The van der Waals surface area contributed by atoms with Gasteiger partial charge in [-0.3, -0.25) is 4.79 Å². The van der Waals surface area contributed by atoms with Crippen molar-refractivity contribution >= 4 is 23.2 Å². The molecule has 1 N–H and O–H groups in total. The number of rotatable bonds is 6. The summed E-state index contributed by atoms with van der Waals surface area (Å²) in [7, 11) is 3.96. The number of anilines is 1. The number of aromatic nitrogens is 1. The van der Waals surface area contributed by atoms with E-state index in [9.17, 15) is 4.79 Å². The first-order chi connectivity index (χ1) is 12.5. The second-order valence-electron chi connectivity index (χ2n) is 6.17. The molecule has 2 aromatic carbocycles. The average Bonchev–Trinajstić information content (AvgIpc) is 3.09. The highest BCUT2D eigenvalue weighted by atomic mass is 35.5. The number of halogens is 1. The molecule has 6 heteroatoms. The van der Waals surface area contributed by atoms with Crippen LogP contribution < -0.4 is 10.2 Å². The first kappa shape index (κ1) is 18.0. The highest BCUT2D eigenvalue weighted by Crippen LogP contribution is 2.26. The van der Waals surface area contributed by atoms with E-state index in [1.165, 1.54) is 0 Å². The molecule has 5 nitrogen and oxygen atoms in total. The first-order valence-electron chi connectivity index (χ1n) is 8.26. The zero-order valence-electron chi connectivity index (χ0n) is 14.7. The maximum absolute atomic E-state index is 12.1. The Balaban J connectivity index is 1.56. The Hall–Kier alpha value is -2.79. The van der Waals surface area contributed by atoms with Gasteiger partial charge in [0.2, 0.25) is 5.91 Å². The zero-order chi connectivity index (χ0) is 18.5. The normalized spacial score (nSPS) is 10.6. The Labute approximate surface area is 157 Å². The van der Waals surface area contributed by atoms with Gasteiger partial charge in [0.05, 0.1) is 18.0 Å². The van der Waals surface area contributed by atoms with E-state index >= 15 is 0 Å². The van der Waals surface area contributed by atoms with Gasteiger partial charge in [0.25, 0.3) is 0 Å². The lowest BCUT2D eigenvalue weighted by Gasteiger charge is -2.12. The summed E-state index contributed by atoms with van der Waals surface area (Å²) in [5.41, 5.74) is 3.51. The van der Waals surface area contributed by atoms with Crippen molar-refractivity contribution in [1.29, 1.82) is 0 Å². The molecule has 1 aromatic heterocycles. The minimum atomic E-state index is -0.0710. The van der Waals surface area contributed by atoms with Crippen molar-refractivity contribution in [3.8, 4) is 11.3 Å². The molecule has 0 saturated carbocycles. The van der Waals surface area contributed by atoms with Crippen molar-refractivity contribution in [1.82, 2.24) is 10.5 Å². The van der Waals surface area contributed by atoms with Gasteiger partial charge >= 0.3 is 0 Å². The standard InChI is InChI=1S/C20H20ClN3O2/c1-24(2)15-9-7-14(8-10-15)11-20(25)22-13-16-12-19(23-26-16)17-5-3-4-6-18(17)21/h3-10,12H,11,13H2,1-2H3,(H,22,25). The Morgan fingerprint density at radius 1 is 1.15 bits per heavy atom. The van der Waals surface area contributed by atoms with Crippen LogP contribution in [-0.2, 0) is 17.8 Å². The van der Waals surface area contributed by atoms with Crippen LogP contribution in [0.4, 0.5) is 5.69 Å². The molecular weight excluding hydrogens is 350 g/mol. The monoisotopic (exact) mass is 369 g/mol. The van der Waals surface area contributed by atoms with Crippen LogP contribution in [0.15, 0.2) is 59.1 Å².